The van der Waals surface area contributed by atoms with Crippen LogP contribution in [0.2, 0.25) is 5.02 Å². The Bertz CT molecular complexity index is 776. The number of hydrogen-bond acceptors (Lipinski definition) is 4. The van der Waals surface area contributed by atoms with Gasteiger partial charge in [0.25, 0.3) is 5.91 Å². The summed E-state index contributed by atoms with van der Waals surface area (Å²) in [7, 11) is 1.59. The molecular weight excluding hydrogens is 362 g/mol. The summed E-state index contributed by atoms with van der Waals surface area (Å²) in [4.78, 5) is 12.8. The normalized spacial score (nSPS) is 17.1. The first-order chi connectivity index (χ1) is 13.0. The summed E-state index contributed by atoms with van der Waals surface area (Å²) in [6, 6.07) is 15.8. The lowest BCUT2D eigenvalue weighted by atomic mass is 9.91. The average Bonchev–Trinajstić information content (AvgIpc) is 2.71. The first kappa shape index (κ1) is 19.7. The van der Waals surface area contributed by atoms with Gasteiger partial charge in [0.2, 0.25) is 0 Å². The van der Waals surface area contributed by atoms with E-state index in [0.29, 0.717) is 23.6 Å². The third-order valence-electron chi connectivity index (χ3n) is 5.11. The largest absolute Gasteiger partial charge is 0.377 e. The Hall–Kier alpha value is -2.08. The quantitative estimate of drug-likeness (QED) is 0.694. The first-order valence-electron chi connectivity index (χ1n) is 9.22. The van der Waals surface area contributed by atoms with Gasteiger partial charge in [-0.1, -0.05) is 41.9 Å². The topological polar surface area (TPSA) is 62.4 Å². The number of rotatable bonds is 6. The number of ether oxygens (including phenoxy) is 1. The van der Waals surface area contributed by atoms with Crippen molar-refractivity contribution in [3.05, 3.63) is 59.1 Å². The van der Waals surface area contributed by atoms with Crippen molar-refractivity contribution in [3.63, 3.8) is 0 Å². The van der Waals surface area contributed by atoms with Crippen molar-refractivity contribution in [2.75, 3.05) is 30.8 Å². The van der Waals surface area contributed by atoms with Gasteiger partial charge in [-0.05, 0) is 56.6 Å². The number of nitrogens with one attached hydrogen (secondary N) is 3. The maximum Gasteiger partial charge on any atom is 0.256 e. The summed E-state index contributed by atoms with van der Waals surface area (Å²) in [5, 5.41) is 10.2. The number of methoxy groups -OCH3 is 1. The van der Waals surface area contributed by atoms with Crippen molar-refractivity contribution in [1.29, 1.82) is 0 Å². The Balaban J connectivity index is 1.68. The zero-order valence-electron chi connectivity index (χ0n) is 15.7. The Morgan fingerprint density at radius 1 is 1.19 bits per heavy atom. The van der Waals surface area contributed by atoms with Crippen LogP contribution in [-0.4, -0.2) is 31.7 Å². The molecule has 27 heavy (non-hydrogen) atoms. The molecule has 1 aliphatic rings. The molecule has 1 fully saturated rings. The number of anilines is 2. The van der Waals surface area contributed by atoms with Crippen LogP contribution in [0.3, 0.4) is 0 Å². The second-order valence-electron chi connectivity index (χ2n) is 6.87. The van der Waals surface area contributed by atoms with Crippen LogP contribution in [0.15, 0.2) is 48.5 Å². The van der Waals surface area contributed by atoms with E-state index in [1.54, 1.807) is 13.2 Å². The van der Waals surface area contributed by atoms with Gasteiger partial charge in [0.05, 0.1) is 10.7 Å². The number of amides is 1. The van der Waals surface area contributed by atoms with Crippen molar-refractivity contribution in [3.8, 4) is 0 Å². The van der Waals surface area contributed by atoms with Crippen LogP contribution in [-0.2, 0) is 9.53 Å². The van der Waals surface area contributed by atoms with E-state index in [9.17, 15) is 4.79 Å². The summed E-state index contributed by atoms with van der Waals surface area (Å²) in [6.45, 7) is 3.62. The number of hydrogen-bond donors (Lipinski definition) is 3. The van der Waals surface area contributed by atoms with Gasteiger partial charge in [-0.25, -0.2) is 0 Å². The minimum atomic E-state index is -0.781. The third kappa shape index (κ3) is 4.61. The minimum Gasteiger partial charge on any atom is -0.377 e. The Kier molecular flexibility index (Phi) is 6.37. The van der Waals surface area contributed by atoms with Gasteiger partial charge >= 0.3 is 0 Å². The number of piperidine rings is 1. The molecule has 1 amide bonds. The van der Waals surface area contributed by atoms with Gasteiger partial charge < -0.3 is 20.7 Å². The van der Waals surface area contributed by atoms with Crippen molar-refractivity contribution < 1.29 is 9.53 Å². The van der Waals surface area contributed by atoms with Gasteiger partial charge in [-0.3, -0.25) is 4.79 Å². The van der Waals surface area contributed by atoms with E-state index in [1.165, 1.54) is 5.56 Å². The van der Waals surface area contributed by atoms with Crippen molar-refractivity contribution in [2.45, 2.75) is 31.4 Å². The molecule has 2 aromatic carbocycles. The van der Waals surface area contributed by atoms with Gasteiger partial charge in [0, 0.05) is 18.8 Å². The smallest absolute Gasteiger partial charge is 0.256 e. The minimum absolute atomic E-state index is 0.121. The van der Waals surface area contributed by atoms with E-state index in [4.69, 9.17) is 16.3 Å². The highest BCUT2D eigenvalue weighted by Gasteiger charge is 2.39. The van der Waals surface area contributed by atoms with Crippen molar-refractivity contribution in [1.82, 2.24) is 5.32 Å². The van der Waals surface area contributed by atoms with Crippen molar-refractivity contribution >= 4 is 28.9 Å². The van der Waals surface area contributed by atoms with Crippen LogP contribution in [0.25, 0.3) is 0 Å². The molecule has 0 saturated carbocycles. The standard InChI is InChI=1S/C21H26ClN3O2/c1-15(16-6-4-3-5-7-16)24-19-9-8-17(14-18(19)22)25-20(26)21(27-2)10-12-23-13-11-21/h3-9,14-15,23-24H,10-13H2,1-2H3,(H,25,26). The highest BCUT2D eigenvalue weighted by Crippen LogP contribution is 2.30. The third-order valence-corrected chi connectivity index (χ3v) is 5.43. The lowest BCUT2D eigenvalue weighted by Gasteiger charge is -2.34. The average molecular weight is 388 g/mol. The Labute approximate surface area is 165 Å². The fourth-order valence-corrected chi connectivity index (χ4v) is 3.60. The molecule has 144 valence electrons. The first-order valence-corrected chi connectivity index (χ1v) is 9.60. The summed E-state index contributed by atoms with van der Waals surface area (Å²) in [6.07, 6.45) is 1.30. The Morgan fingerprint density at radius 2 is 1.89 bits per heavy atom. The summed E-state index contributed by atoms with van der Waals surface area (Å²) >= 11 is 6.44. The molecule has 2 aromatic rings. The SMILES string of the molecule is COC1(C(=O)Nc2ccc(NC(C)c3ccccc3)c(Cl)c2)CCNCC1. The molecule has 1 saturated heterocycles. The molecule has 1 aliphatic heterocycles. The van der Waals surface area contributed by atoms with Gasteiger partial charge in [0.15, 0.2) is 0 Å². The van der Waals surface area contributed by atoms with Crippen LogP contribution in [0.1, 0.15) is 31.4 Å². The molecule has 0 radical (unpaired) electrons. The lowest BCUT2D eigenvalue weighted by molar-refractivity contribution is -0.140. The number of carbonyl (C=O) groups excluding carboxylic acids is 1. The van der Waals surface area contributed by atoms with Crippen molar-refractivity contribution in [2.24, 2.45) is 0 Å². The molecule has 0 spiro atoms. The second kappa shape index (κ2) is 8.74. The maximum atomic E-state index is 12.8. The van der Waals surface area contributed by atoms with Gasteiger partial charge in [0.1, 0.15) is 5.60 Å². The maximum absolute atomic E-state index is 12.8. The molecule has 0 aliphatic carbocycles. The second-order valence-corrected chi connectivity index (χ2v) is 7.28. The zero-order valence-corrected chi connectivity index (χ0v) is 16.5. The van der Waals surface area contributed by atoms with E-state index in [1.807, 2.05) is 30.3 Å². The van der Waals surface area contributed by atoms with Gasteiger partial charge in [-0.2, -0.15) is 0 Å². The summed E-state index contributed by atoms with van der Waals surface area (Å²) in [5.41, 5.74) is 1.89. The molecule has 6 heteroatoms. The molecule has 3 rings (SSSR count). The van der Waals surface area contributed by atoms with Crippen LogP contribution < -0.4 is 16.0 Å². The van der Waals surface area contributed by atoms with E-state index >= 15 is 0 Å². The number of halogens is 1. The van der Waals surface area contributed by atoms with E-state index in [2.05, 4.69) is 35.0 Å². The van der Waals surface area contributed by atoms with Crippen LogP contribution in [0.4, 0.5) is 11.4 Å². The molecule has 3 N–H and O–H groups in total. The molecule has 0 aromatic heterocycles. The summed E-state index contributed by atoms with van der Waals surface area (Å²) in [5.74, 6) is -0.124. The molecule has 1 heterocycles. The van der Waals surface area contributed by atoms with Crippen LogP contribution in [0, 0.1) is 0 Å². The van der Waals surface area contributed by atoms with Crippen LogP contribution in [0.5, 0.6) is 0 Å². The molecular formula is C21H26ClN3O2. The highest BCUT2D eigenvalue weighted by molar-refractivity contribution is 6.33. The Morgan fingerprint density at radius 3 is 2.52 bits per heavy atom. The lowest BCUT2D eigenvalue weighted by Crippen LogP contribution is -2.51. The molecule has 1 unspecified atom stereocenters. The van der Waals surface area contributed by atoms with Gasteiger partial charge in [-0.15, -0.1) is 0 Å². The predicted octanol–water partition coefficient (Wildman–Crippen LogP) is 4.22. The van der Waals surface area contributed by atoms with E-state index in [-0.39, 0.29) is 11.9 Å². The monoisotopic (exact) mass is 387 g/mol. The van der Waals surface area contributed by atoms with Crippen LogP contribution >= 0.6 is 11.6 Å². The molecule has 0 bridgehead atoms. The number of benzene rings is 2. The molecule has 1 atom stereocenters. The predicted molar refractivity (Wildman–Crippen MR) is 110 cm³/mol. The fraction of sp³-hybridized carbons (Fsp3) is 0.381. The van der Waals surface area contributed by atoms with E-state index in [0.717, 1.165) is 18.8 Å². The molecule has 5 nitrogen and oxygen atoms in total. The highest BCUT2D eigenvalue weighted by atomic mass is 35.5. The van der Waals surface area contributed by atoms with E-state index < -0.39 is 5.60 Å². The summed E-state index contributed by atoms with van der Waals surface area (Å²) < 4.78 is 5.57. The fourth-order valence-electron chi connectivity index (χ4n) is 3.37. The zero-order chi connectivity index (χ0) is 19.3. The number of carbonyl (C=O) groups is 1.